The van der Waals surface area contributed by atoms with Crippen LogP contribution in [0.1, 0.15) is 23.6 Å². The number of rotatable bonds is 3. The third-order valence-electron chi connectivity index (χ3n) is 10.4. The van der Waals surface area contributed by atoms with Gasteiger partial charge in [0.15, 0.2) is 23.0 Å². The first-order valence-corrected chi connectivity index (χ1v) is 16.5. The minimum atomic E-state index is -0.391. The van der Waals surface area contributed by atoms with Gasteiger partial charge in [0.1, 0.15) is 0 Å². The van der Waals surface area contributed by atoms with Crippen LogP contribution in [0.3, 0.4) is 0 Å². The third kappa shape index (κ3) is 3.87. The molecule has 0 saturated heterocycles. The predicted octanol–water partition coefficient (Wildman–Crippen LogP) is 12.6. The molecule has 8 aromatic rings. The lowest BCUT2D eigenvalue weighted by atomic mass is 9.73. The van der Waals surface area contributed by atoms with E-state index in [4.69, 9.17) is 9.47 Å². The Morgan fingerprint density at radius 3 is 1.79 bits per heavy atom. The number of para-hydroxylation sites is 2. The Morgan fingerprint density at radius 2 is 1.02 bits per heavy atom. The van der Waals surface area contributed by atoms with Crippen molar-refractivity contribution in [3.05, 3.63) is 180 Å². The minimum absolute atomic E-state index is 0.391. The average Bonchev–Trinajstić information content (AvgIpc) is 3.42. The maximum absolute atomic E-state index is 6.64. The van der Waals surface area contributed by atoms with E-state index in [2.05, 4.69) is 146 Å². The Bertz CT molecular complexity index is 2580. The van der Waals surface area contributed by atoms with Gasteiger partial charge in [0.25, 0.3) is 0 Å². The van der Waals surface area contributed by atoms with Crippen LogP contribution < -0.4 is 9.47 Å². The molecular weight excluding hydrogens is 585 g/mol. The maximum Gasteiger partial charge on any atom is 0.178 e. The second kappa shape index (κ2) is 10.2. The highest BCUT2D eigenvalue weighted by Gasteiger charge is 2.44. The molecule has 0 radical (unpaired) electrons. The standard InChI is InChI=1S/C46H30O2/c1-46(33-13-3-2-4-14-33)39-25-26-43-45(48-42-18-10-9-17-41(42)47-43)44(39)38-22-21-32(28-40(38)46)35-24-23-34(36-15-7-8-16-37(35)36)31-20-19-29-11-5-6-12-30(29)27-31/h2-28H,1H3. The molecular formula is C46H30O2. The van der Waals surface area contributed by atoms with Gasteiger partial charge in [-0.25, -0.2) is 0 Å². The summed E-state index contributed by atoms with van der Waals surface area (Å²) in [6.45, 7) is 2.35. The van der Waals surface area contributed by atoms with Crippen molar-refractivity contribution in [1.82, 2.24) is 0 Å². The van der Waals surface area contributed by atoms with E-state index in [1.807, 2.05) is 24.3 Å². The van der Waals surface area contributed by atoms with Gasteiger partial charge in [-0.2, -0.15) is 0 Å². The smallest absolute Gasteiger partial charge is 0.178 e. The van der Waals surface area contributed by atoms with Crippen molar-refractivity contribution in [2.45, 2.75) is 12.3 Å². The van der Waals surface area contributed by atoms with Crippen molar-refractivity contribution >= 4 is 21.5 Å². The molecule has 0 amide bonds. The van der Waals surface area contributed by atoms with Crippen LogP contribution in [-0.2, 0) is 5.41 Å². The number of hydrogen-bond donors (Lipinski definition) is 0. The normalized spacial score (nSPS) is 15.6. The van der Waals surface area contributed by atoms with Crippen molar-refractivity contribution in [2.24, 2.45) is 0 Å². The molecule has 2 aliphatic rings. The molecule has 0 N–H and O–H groups in total. The highest BCUT2D eigenvalue weighted by Crippen LogP contribution is 2.60. The van der Waals surface area contributed by atoms with E-state index in [1.165, 1.54) is 66.1 Å². The maximum atomic E-state index is 6.64. The molecule has 226 valence electrons. The summed E-state index contributed by atoms with van der Waals surface area (Å²) in [7, 11) is 0. The molecule has 0 spiro atoms. The van der Waals surface area contributed by atoms with Gasteiger partial charge in [-0.1, -0.05) is 133 Å². The van der Waals surface area contributed by atoms with Crippen LogP contribution in [0.25, 0.3) is 54.9 Å². The van der Waals surface area contributed by atoms with E-state index in [-0.39, 0.29) is 0 Å². The predicted molar refractivity (Wildman–Crippen MR) is 196 cm³/mol. The van der Waals surface area contributed by atoms with Gasteiger partial charge in [0, 0.05) is 11.0 Å². The molecule has 1 heterocycles. The van der Waals surface area contributed by atoms with E-state index in [1.54, 1.807) is 0 Å². The summed E-state index contributed by atoms with van der Waals surface area (Å²) < 4.78 is 13.0. The molecule has 1 unspecified atom stereocenters. The van der Waals surface area contributed by atoms with E-state index in [0.29, 0.717) is 0 Å². The number of fused-ring (bicyclic) bond motifs is 8. The molecule has 8 aromatic carbocycles. The van der Waals surface area contributed by atoms with Gasteiger partial charge < -0.3 is 9.47 Å². The van der Waals surface area contributed by atoms with Gasteiger partial charge in [-0.05, 0) is 103 Å². The summed E-state index contributed by atoms with van der Waals surface area (Å²) in [5.41, 5.74) is 10.5. The fourth-order valence-corrected chi connectivity index (χ4v) is 8.01. The zero-order valence-corrected chi connectivity index (χ0v) is 26.4. The summed E-state index contributed by atoms with van der Waals surface area (Å²) in [5.74, 6) is 3.01. The SMILES string of the molecule is CC1(c2ccccc2)c2cc(-c3ccc(-c4ccc5ccccc5c4)c4ccccc34)ccc2-c2c1ccc1c2Oc2ccccc2O1. The number of ether oxygens (including phenoxy) is 2. The molecule has 0 aromatic heterocycles. The van der Waals surface area contributed by atoms with Crippen molar-refractivity contribution < 1.29 is 9.47 Å². The molecule has 0 saturated carbocycles. The van der Waals surface area contributed by atoms with Crippen LogP contribution in [-0.4, -0.2) is 0 Å². The Morgan fingerprint density at radius 1 is 0.417 bits per heavy atom. The largest absolute Gasteiger partial charge is 0.449 e. The quantitative estimate of drug-likeness (QED) is 0.197. The first kappa shape index (κ1) is 27.0. The van der Waals surface area contributed by atoms with Gasteiger partial charge >= 0.3 is 0 Å². The summed E-state index contributed by atoms with van der Waals surface area (Å²) in [4.78, 5) is 0. The van der Waals surface area contributed by atoms with Crippen LogP contribution in [0, 0.1) is 0 Å². The van der Waals surface area contributed by atoms with Crippen molar-refractivity contribution in [3.63, 3.8) is 0 Å². The molecule has 1 aliphatic heterocycles. The lowest BCUT2D eigenvalue weighted by Crippen LogP contribution is -2.22. The second-order valence-corrected chi connectivity index (χ2v) is 13.0. The molecule has 2 heteroatoms. The molecule has 10 rings (SSSR count). The molecule has 48 heavy (non-hydrogen) atoms. The number of hydrogen-bond acceptors (Lipinski definition) is 2. The average molecular weight is 615 g/mol. The van der Waals surface area contributed by atoms with Crippen LogP contribution in [0.15, 0.2) is 164 Å². The van der Waals surface area contributed by atoms with Gasteiger partial charge in [0.05, 0.1) is 0 Å². The van der Waals surface area contributed by atoms with Gasteiger partial charge in [-0.3, -0.25) is 0 Å². The Hall–Kier alpha value is -6.12. The van der Waals surface area contributed by atoms with Crippen LogP contribution in [0.2, 0.25) is 0 Å². The fraction of sp³-hybridized carbons (Fsp3) is 0.0435. The highest BCUT2D eigenvalue weighted by atomic mass is 16.6. The number of benzene rings is 8. The van der Waals surface area contributed by atoms with Crippen LogP contribution in [0.5, 0.6) is 23.0 Å². The Labute approximate surface area is 279 Å². The van der Waals surface area contributed by atoms with Crippen molar-refractivity contribution in [1.29, 1.82) is 0 Å². The first-order chi connectivity index (χ1) is 23.7. The van der Waals surface area contributed by atoms with Crippen molar-refractivity contribution in [3.8, 4) is 56.4 Å². The molecule has 2 nitrogen and oxygen atoms in total. The van der Waals surface area contributed by atoms with Gasteiger partial charge in [-0.15, -0.1) is 0 Å². The Balaban J connectivity index is 1.17. The summed E-state index contributed by atoms with van der Waals surface area (Å²) in [6.07, 6.45) is 0. The van der Waals surface area contributed by atoms with Crippen LogP contribution >= 0.6 is 0 Å². The lowest BCUT2D eigenvalue weighted by Gasteiger charge is -2.29. The van der Waals surface area contributed by atoms with E-state index < -0.39 is 5.41 Å². The lowest BCUT2D eigenvalue weighted by molar-refractivity contribution is 0.360. The molecule has 1 atom stereocenters. The molecule has 0 fully saturated rings. The third-order valence-corrected chi connectivity index (χ3v) is 10.4. The zero-order chi connectivity index (χ0) is 31.8. The summed E-state index contributed by atoms with van der Waals surface area (Å²) >= 11 is 0. The van der Waals surface area contributed by atoms with E-state index in [9.17, 15) is 0 Å². The topological polar surface area (TPSA) is 18.5 Å². The van der Waals surface area contributed by atoms with Gasteiger partial charge in [0.2, 0.25) is 0 Å². The zero-order valence-electron chi connectivity index (χ0n) is 26.4. The summed E-state index contributed by atoms with van der Waals surface area (Å²) in [5, 5.41) is 5.00. The minimum Gasteiger partial charge on any atom is -0.449 e. The van der Waals surface area contributed by atoms with Crippen LogP contribution in [0.4, 0.5) is 0 Å². The monoisotopic (exact) mass is 614 g/mol. The molecule has 1 aliphatic carbocycles. The highest BCUT2D eigenvalue weighted by molar-refractivity contribution is 6.06. The fourth-order valence-electron chi connectivity index (χ4n) is 8.01. The van der Waals surface area contributed by atoms with Crippen molar-refractivity contribution in [2.75, 3.05) is 0 Å². The van der Waals surface area contributed by atoms with E-state index >= 15 is 0 Å². The molecule has 0 bridgehead atoms. The summed E-state index contributed by atoms with van der Waals surface area (Å²) in [6, 6.07) is 58.7. The first-order valence-electron chi connectivity index (χ1n) is 16.5. The van der Waals surface area contributed by atoms with E-state index in [0.717, 1.165) is 28.6 Å². The Kier molecular flexibility index (Phi) is 5.74. The second-order valence-electron chi connectivity index (χ2n) is 13.0.